The third-order valence-electron chi connectivity index (χ3n) is 3.37. The summed E-state index contributed by atoms with van der Waals surface area (Å²) in [5, 5.41) is 10.8. The van der Waals surface area contributed by atoms with Gasteiger partial charge in [0.25, 0.3) is 5.69 Å². The molecule has 0 atom stereocenters. The summed E-state index contributed by atoms with van der Waals surface area (Å²) in [5.41, 5.74) is 1.68. The predicted molar refractivity (Wildman–Crippen MR) is 84.7 cm³/mol. The number of ether oxygens (including phenoxy) is 2. The summed E-state index contributed by atoms with van der Waals surface area (Å²) in [6.07, 6.45) is 0. The molecule has 0 saturated carbocycles. The van der Waals surface area contributed by atoms with Gasteiger partial charge in [-0.3, -0.25) is 10.1 Å². The Kier molecular flexibility index (Phi) is 5.26. The first-order valence-corrected chi connectivity index (χ1v) is 7.02. The molecular formula is C17H15NO6. The van der Waals surface area contributed by atoms with Crippen LogP contribution in [0.2, 0.25) is 0 Å². The van der Waals surface area contributed by atoms with Crippen LogP contribution < -0.4 is 0 Å². The molecule has 0 heterocycles. The molecule has 0 aliphatic carbocycles. The van der Waals surface area contributed by atoms with E-state index in [1.807, 2.05) is 0 Å². The first kappa shape index (κ1) is 17.1. The second kappa shape index (κ2) is 7.36. The first-order valence-electron chi connectivity index (χ1n) is 7.02. The van der Waals surface area contributed by atoms with E-state index < -0.39 is 16.9 Å². The Morgan fingerprint density at radius 1 is 1.04 bits per heavy atom. The third-order valence-corrected chi connectivity index (χ3v) is 3.37. The van der Waals surface area contributed by atoms with Crippen LogP contribution in [0.5, 0.6) is 0 Å². The Labute approximate surface area is 138 Å². The van der Waals surface area contributed by atoms with Crippen LogP contribution in [0.25, 0.3) is 0 Å². The van der Waals surface area contributed by atoms with Crippen molar-refractivity contribution in [3.63, 3.8) is 0 Å². The number of carbonyl (C=O) groups is 2. The van der Waals surface area contributed by atoms with Crippen molar-refractivity contribution in [2.75, 3.05) is 7.11 Å². The average molecular weight is 329 g/mol. The lowest BCUT2D eigenvalue weighted by atomic mass is 10.1. The molecule has 124 valence electrons. The summed E-state index contributed by atoms with van der Waals surface area (Å²) in [5.74, 6) is -1.02. The normalized spacial score (nSPS) is 10.1. The van der Waals surface area contributed by atoms with Gasteiger partial charge >= 0.3 is 11.9 Å². The van der Waals surface area contributed by atoms with Gasteiger partial charge in [-0.2, -0.15) is 0 Å². The molecule has 0 aliphatic rings. The Hall–Kier alpha value is -3.22. The minimum Gasteiger partial charge on any atom is -0.465 e. The number of nitro benzene ring substituents is 1. The van der Waals surface area contributed by atoms with Crippen molar-refractivity contribution < 1.29 is 24.0 Å². The molecule has 7 nitrogen and oxygen atoms in total. The zero-order chi connectivity index (χ0) is 17.7. The fourth-order valence-corrected chi connectivity index (χ4v) is 2.07. The van der Waals surface area contributed by atoms with E-state index in [0.29, 0.717) is 16.7 Å². The van der Waals surface area contributed by atoms with E-state index in [2.05, 4.69) is 4.74 Å². The highest BCUT2D eigenvalue weighted by atomic mass is 16.6. The predicted octanol–water partition coefficient (Wildman–Crippen LogP) is 3.05. The molecule has 7 heteroatoms. The molecule has 0 radical (unpaired) electrons. The Bertz CT molecular complexity index is 782. The lowest BCUT2D eigenvalue weighted by Gasteiger charge is -2.06. The highest BCUT2D eigenvalue weighted by Gasteiger charge is 2.15. The minimum absolute atomic E-state index is 0.0241. The Morgan fingerprint density at radius 2 is 1.67 bits per heavy atom. The van der Waals surface area contributed by atoms with E-state index in [1.165, 1.54) is 25.3 Å². The monoisotopic (exact) mass is 329 g/mol. The molecule has 0 saturated heterocycles. The van der Waals surface area contributed by atoms with Crippen molar-refractivity contribution in [1.29, 1.82) is 0 Å². The van der Waals surface area contributed by atoms with E-state index in [-0.39, 0.29) is 17.9 Å². The summed E-state index contributed by atoms with van der Waals surface area (Å²) in [4.78, 5) is 33.6. The minimum atomic E-state index is -0.579. The molecule has 2 aromatic carbocycles. The van der Waals surface area contributed by atoms with Crippen LogP contribution in [0.4, 0.5) is 5.69 Å². The third kappa shape index (κ3) is 3.95. The van der Waals surface area contributed by atoms with Crippen molar-refractivity contribution in [3.8, 4) is 0 Å². The van der Waals surface area contributed by atoms with Gasteiger partial charge in [-0.25, -0.2) is 9.59 Å². The number of rotatable bonds is 5. The number of hydrogen-bond donors (Lipinski definition) is 0. The van der Waals surface area contributed by atoms with Gasteiger partial charge in [-0.15, -0.1) is 0 Å². The van der Waals surface area contributed by atoms with Crippen LogP contribution in [-0.4, -0.2) is 24.0 Å². The topological polar surface area (TPSA) is 95.7 Å². The van der Waals surface area contributed by atoms with Gasteiger partial charge in [-0.1, -0.05) is 12.1 Å². The molecular weight excluding hydrogens is 314 g/mol. The second-order valence-corrected chi connectivity index (χ2v) is 5.02. The lowest BCUT2D eigenvalue weighted by Crippen LogP contribution is -2.06. The van der Waals surface area contributed by atoms with E-state index in [0.717, 1.165) is 0 Å². The molecule has 0 unspecified atom stereocenters. The van der Waals surface area contributed by atoms with Crippen LogP contribution in [-0.2, 0) is 16.1 Å². The van der Waals surface area contributed by atoms with Crippen LogP contribution in [0.15, 0.2) is 42.5 Å². The molecule has 0 N–H and O–H groups in total. The fraction of sp³-hybridized carbons (Fsp3) is 0.176. The maximum absolute atomic E-state index is 12.0. The smallest absolute Gasteiger partial charge is 0.338 e. The molecule has 2 aromatic rings. The maximum Gasteiger partial charge on any atom is 0.338 e. The zero-order valence-electron chi connectivity index (χ0n) is 13.1. The summed E-state index contributed by atoms with van der Waals surface area (Å²) < 4.78 is 9.77. The van der Waals surface area contributed by atoms with E-state index in [1.54, 1.807) is 31.2 Å². The molecule has 0 aliphatic heterocycles. The molecule has 0 aromatic heterocycles. The summed E-state index contributed by atoms with van der Waals surface area (Å²) in [6, 6.07) is 10.5. The van der Waals surface area contributed by atoms with Gasteiger partial charge in [0.1, 0.15) is 6.61 Å². The van der Waals surface area contributed by atoms with Gasteiger partial charge < -0.3 is 9.47 Å². The molecule has 2 rings (SSSR count). The number of nitro groups is 1. The largest absolute Gasteiger partial charge is 0.465 e. The molecule has 0 fully saturated rings. The van der Waals surface area contributed by atoms with Crippen molar-refractivity contribution in [3.05, 3.63) is 74.8 Å². The highest BCUT2D eigenvalue weighted by molar-refractivity contribution is 5.90. The number of aryl methyl sites for hydroxylation is 1. The highest BCUT2D eigenvalue weighted by Crippen LogP contribution is 2.19. The standard InChI is InChI=1S/C17H15NO6/c1-11-9-14(7-8-15(11)18(21)22)17(20)24-10-12-3-5-13(6-4-12)16(19)23-2/h3-9H,10H2,1-2H3. The van der Waals surface area contributed by atoms with Crippen LogP contribution in [0.3, 0.4) is 0 Å². The maximum atomic E-state index is 12.0. The van der Waals surface area contributed by atoms with Crippen molar-refractivity contribution in [2.24, 2.45) is 0 Å². The molecule has 24 heavy (non-hydrogen) atoms. The van der Waals surface area contributed by atoms with Crippen LogP contribution in [0, 0.1) is 17.0 Å². The fourth-order valence-electron chi connectivity index (χ4n) is 2.07. The Morgan fingerprint density at radius 3 is 2.21 bits per heavy atom. The molecule has 0 amide bonds. The molecule has 0 bridgehead atoms. The average Bonchev–Trinajstić information content (AvgIpc) is 2.59. The lowest BCUT2D eigenvalue weighted by molar-refractivity contribution is -0.385. The number of benzene rings is 2. The summed E-state index contributed by atoms with van der Waals surface area (Å²) in [6.45, 7) is 1.58. The number of hydrogen-bond acceptors (Lipinski definition) is 6. The van der Waals surface area contributed by atoms with Gasteiger partial charge in [0, 0.05) is 11.6 Å². The van der Waals surface area contributed by atoms with Crippen molar-refractivity contribution >= 4 is 17.6 Å². The second-order valence-electron chi connectivity index (χ2n) is 5.02. The molecule has 0 spiro atoms. The number of esters is 2. The van der Waals surface area contributed by atoms with E-state index in [9.17, 15) is 19.7 Å². The number of carbonyl (C=O) groups excluding carboxylic acids is 2. The van der Waals surface area contributed by atoms with Crippen LogP contribution >= 0.6 is 0 Å². The summed E-state index contributed by atoms with van der Waals surface area (Å²) in [7, 11) is 1.30. The SMILES string of the molecule is COC(=O)c1ccc(COC(=O)c2ccc([N+](=O)[O-])c(C)c2)cc1. The van der Waals surface area contributed by atoms with Gasteiger partial charge in [0.05, 0.1) is 23.2 Å². The number of methoxy groups -OCH3 is 1. The van der Waals surface area contributed by atoms with E-state index in [4.69, 9.17) is 4.74 Å². The first-order chi connectivity index (χ1) is 11.4. The zero-order valence-corrected chi connectivity index (χ0v) is 13.1. The number of nitrogens with zero attached hydrogens (tertiary/aromatic N) is 1. The van der Waals surface area contributed by atoms with Gasteiger partial charge in [0.2, 0.25) is 0 Å². The van der Waals surface area contributed by atoms with Crippen molar-refractivity contribution in [1.82, 2.24) is 0 Å². The Balaban J connectivity index is 2.01. The quantitative estimate of drug-likeness (QED) is 0.475. The van der Waals surface area contributed by atoms with E-state index >= 15 is 0 Å². The van der Waals surface area contributed by atoms with Crippen molar-refractivity contribution in [2.45, 2.75) is 13.5 Å². The summed E-state index contributed by atoms with van der Waals surface area (Å²) >= 11 is 0. The van der Waals surface area contributed by atoms with Crippen LogP contribution in [0.1, 0.15) is 31.8 Å². The van der Waals surface area contributed by atoms with Gasteiger partial charge in [0.15, 0.2) is 0 Å². The van der Waals surface area contributed by atoms with Gasteiger partial charge in [-0.05, 0) is 36.8 Å².